The molecule has 0 saturated carbocycles. The molecular formula is C20H19N3O. The van der Waals surface area contributed by atoms with E-state index in [-0.39, 0.29) is 5.75 Å². The van der Waals surface area contributed by atoms with Crippen molar-refractivity contribution in [3.05, 3.63) is 60.6 Å². The van der Waals surface area contributed by atoms with Crippen molar-refractivity contribution in [2.24, 2.45) is 0 Å². The first-order valence-electron chi connectivity index (χ1n) is 8.30. The first-order chi connectivity index (χ1) is 11.8. The molecule has 1 aliphatic carbocycles. The van der Waals surface area contributed by atoms with Gasteiger partial charge in [0.2, 0.25) is 0 Å². The summed E-state index contributed by atoms with van der Waals surface area (Å²) in [5.74, 6) is 1.03. The van der Waals surface area contributed by atoms with Crippen molar-refractivity contribution >= 4 is 27.9 Å². The normalized spacial score (nSPS) is 14.4. The van der Waals surface area contributed by atoms with Gasteiger partial charge in [-0.1, -0.05) is 6.08 Å². The first kappa shape index (κ1) is 14.7. The minimum atomic E-state index is 0.253. The third kappa shape index (κ3) is 2.95. The molecule has 2 aromatic heterocycles. The molecule has 1 aliphatic rings. The van der Waals surface area contributed by atoms with Crippen molar-refractivity contribution in [1.82, 2.24) is 9.97 Å². The topological polar surface area (TPSA) is 58.0 Å². The van der Waals surface area contributed by atoms with Crippen LogP contribution in [0.4, 0.5) is 11.5 Å². The highest BCUT2D eigenvalue weighted by atomic mass is 16.3. The van der Waals surface area contributed by atoms with Gasteiger partial charge >= 0.3 is 0 Å². The molecule has 0 spiro atoms. The lowest BCUT2D eigenvalue weighted by atomic mass is 9.94. The van der Waals surface area contributed by atoms with E-state index in [0.29, 0.717) is 0 Å². The number of rotatable bonds is 3. The van der Waals surface area contributed by atoms with Gasteiger partial charge < -0.3 is 10.4 Å². The molecule has 0 unspecified atom stereocenters. The Kier molecular flexibility index (Phi) is 3.87. The second-order valence-corrected chi connectivity index (χ2v) is 6.10. The Morgan fingerprint density at radius 2 is 1.88 bits per heavy atom. The summed E-state index contributed by atoms with van der Waals surface area (Å²) in [6, 6.07) is 11.0. The van der Waals surface area contributed by atoms with Crippen molar-refractivity contribution in [2.75, 3.05) is 5.32 Å². The molecule has 120 valence electrons. The van der Waals surface area contributed by atoms with Gasteiger partial charge in [-0.3, -0.25) is 4.98 Å². The van der Waals surface area contributed by atoms with E-state index in [4.69, 9.17) is 0 Å². The molecule has 4 heteroatoms. The SMILES string of the molecule is Oc1ccc(Nc2cc3c(C4=CCCCC4)nccc3cn2)cc1. The molecule has 0 saturated heterocycles. The second-order valence-electron chi connectivity index (χ2n) is 6.10. The second kappa shape index (κ2) is 6.32. The summed E-state index contributed by atoms with van der Waals surface area (Å²) >= 11 is 0. The third-order valence-electron chi connectivity index (χ3n) is 4.38. The predicted molar refractivity (Wildman–Crippen MR) is 97.4 cm³/mol. The van der Waals surface area contributed by atoms with Gasteiger partial charge in [-0.05, 0) is 67.7 Å². The number of hydrogen-bond donors (Lipinski definition) is 2. The van der Waals surface area contributed by atoms with Crippen molar-refractivity contribution in [3.8, 4) is 5.75 Å². The van der Waals surface area contributed by atoms with Gasteiger partial charge in [-0.25, -0.2) is 4.98 Å². The van der Waals surface area contributed by atoms with Gasteiger partial charge in [0.05, 0.1) is 5.69 Å². The van der Waals surface area contributed by atoms with Crippen LogP contribution in [0.3, 0.4) is 0 Å². The molecule has 1 aromatic carbocycles. The Balaban J connectivity index is 1.73. The zero-order chi connectivity index (χ0) is 16.4. The molecule has 0 aliphatic heterocycles. The molecule has 0 fully saturated rings. The minimum absolute atomic E-state index is 0.253. The number of nitrogens with one attached hydrogen (secondary N) is 1. The summed E-state index contributed by atoms with van der Waals surface area (Å²) in [7, 11) is 0. The van der Waals surface area contributed by atoms with Gasteiger partial charge in [-0.2, -0.15) is 0 Å². The van der Waals surface area contributed by atoms with E-state index < -0.39 is 0 Å². The lowest BCUT2D eigenvalue weighted by Gasteiger charge is -2.14. The van der Waals surface area contributed by atoms with E-state index in [9.17, 15) is 5.11 Å². The highest BCUT2D eigenvalue weighted by Crippen LogP contribution is 2.31. The van der Waals surface area contributed by atoms with E-state index in [0.717, 1.165) is 40.8 Å². The van der Waals surface area contributed by atoms with Crippen molar-refractivity contribution in [1.29, 1.82) is 0 Å². The summed E-state index contributed by atoms with van der Waals surface area (Å²) in [6.45, 7) is 0. The summed E-state index contributed by atoms with van der Waals surface area (Å²) in [6.07, 6.45) is 10.8. The molecule has 2 heterocycles. The molecule has 2 N–H and O–H groups in total. The number of hydrogen-bond acceptors (Lipinski definition) is 4. The zero-order valence-electron chi connectivity index (χ0n) is 13.4. The van der Waals surface area contributed by atoms with Crippen LogP contribution in [0.5, 0.6) is 5.75 Å². The smallest absolute Gasteiger partial charge is 0.130 e. The molecule has 0 atom stereocenters. The molecule has 4 nitrogen and oxygen atoms in total. The number of fused-ring (bicyclic) bond motifs is 1. The fourth-order valence-electron chi connectivity index (χ4n) is 3.14. The fraction of sp³-hybridized carbons (Fsp3) is 0.200. The van der Waals surface area contributed by atoms with E-state index in [1.165, 1.54) is 18.4 Å². The Hall–Kier alpha value is -2.88. The molecule has 24 heavy (non-hydrogen) atoms. The van der Waals surface area contributed by atoms with E-state index in [1.54, 1.807) is 12.1 Å². The summed E-state index contributed by atoms with van der Waals surface area (Å²) in [4.78, 5) is 9.12. The Bertz CT molecular complexity index is 900. The Morgan fingerprint density at radius 1 is 1.00 bits per heavy atom. The quantitative estimate of drug-likeness (QED) is 0.665. The van der Waals surface area contributed by atoms with Crippen molar-refractivity contribution in [3.63, 3.8) is 0 Å². The molecule has 0 radical (unpaired) electrons. The number of pyridine rings is 2. The summed E-state index contributed by atoms with van der Waals surface area (Å²) in [5.41, 5.74) is 3.30. The van der Waals surface area contributed by atoms with Crippen LogP contribution in [0, 0.1) is 0 Å². The van der Waals surface area contributed by atoms with Crippen LogP contribution < -0.4 is 5.32 Å². The number of phenols is 1. The molecular weight excluding hydrogens is 298 g/mol. The monoisotopic (exact) mass is 317 g/mol. The lowest BCUT2D eigenvalue weighted by molar-refractivity contribution is 0.475. The standard InChI is InChI=1S/C20H19N3O/c24-17-8-6-16(7-9-17)23-19-12-18-15(13-22-19)10-11-21-20(18)14-4-2-1-3-5-14/h4,6-13,24H,1-3,5H2,(H,22,23). The number of benzene rings is 1. The minimum Gasteiger partial charge on any atom is -0.508 e. The van der Waals surface area contributed by atoms with Crippen LogP contribution >= 0.6 is 0 Å². The molecule has 3 aromatic rings. The number of anilines is 2. The van der Waals surface area contributed by atoms with E-state index in [2.05, 4.69) is 27.4 Å². The summed E-state index contributed by atoms with van der Waals surface area (Å²) < 4.78 is 0. The van der Waals surface area contributed by atoms with Gasteiger partial charge in [-0.15, -0.1) is 0 Å². The molecule has 4 rings (SSSR count). The molecule has 0 amide bonds. The number of nitrogens with zero attached hydrogens (tertiary/aromatic N) is 2. The van der Waals surface area contributed by atoms with Crippen LogP contribution in [0.2, 0.25) is 0 Å². The van der Waals surface area contributed by atoms with Crippen LogP contribution in [0.1, 0.15) is 31.4 Å². The summed E-state index contributed by atoms with van der Waals surface area (Å²) in [5, 5.41) is 14.9. The average Bonchev–Trinajstić information content (AvgIpc) is 2.64. The Labute approximate surface area is 140 Å². The highest BCUT2D eigenvalue weighted by Gasteiger charge is 2.12. The van der Waals surface area contributed by atoms with Crippen LogP contribution in [0.15, 0.2) is 54.9 Å². The maximum absolute atomic E-state index is 9.39. The van der Waals surface area contributed by atoms with Gasteiger partial charge in [0, 0.05) is 28.9 Å². The fourth-order valence-corrected chi connectivity index (χ4v) is 3.14. The Morgan fingerprint density at radius 3 is 2.67 bits per heavy atom. The van der Waals surface area contributed by atoms with Gasteiger partial charge in [0.25, 0.3) is 0 Å². The largest absolute Gasteiger partial charge is 0.508 e. The highest BCUT2D eigenvalue weighted by molar-refractivity contribution is 5.93. The number of allylic oxidation sites excluding steroid dienone is 2. The van der Waals surface area contributed by atoms with E-state index in [1.807, 2.05) is 30.6 Å². The van der Waals surface area contributed by atoms with Gasteiger partial charge in [0.15, 0.2) is 0 Å². The van der Waals surface area contributed by atoms with Crippen molar-refractivity contribution < 1.29 is 5.11 Å². The van der Waals surface area contributed by atoms with Crippen LogP contribution in [0.25, 0.3) is 16.3 Å². The first-order valence-corrected chi connectivity index (χ1v) is 8.30. The van der Waals surface area contributed by atoms with Gasteiger partial charge in [0.1, 0.15) is 11.6 Å². The van der Waals surface area contributed by atoms with E-state index >= 15 is 0 Å². The van der Waals surface area contributed by atoms with Crippen LogP contribution in [-0.2, 0) is 0 Å². The van der Waals surface area contributed by atoms with Crippen LogP contribution in [-0.4, -0.2) is 15.1 Å². The number of aromatic hydroxyl groups is 1. The zero-order valence-corrected chi connectivity index (χ0v) is 13.4. The average molecular weight is 317 g/mol. The maximum Gasteiger partial charge on any atom is 0.130 e. The maximum atomic E-state index is 9.39. The lowest BCUT2D eigenvalue weighted by Crippen LogP contribution is -1.98. The predicted octanol–water partition coefficient (Wildman–Crippen LogP) is 5.04. The molecule has 0 bridgehead atoms. The number of phenolic OH excluding ortho intramolecular Hbond substituents is 1. The number of aromatic nitrogens is 2. The third-order valence-corrected chi connectivity index (χ3v) is 4.38. The van der Waals surface area contributed by atoms with Crippen molar-refractivity contribution in [2.45, 2.75) is 25.7 Å².